The van der Waals surface area contributed by atoms with E-state index in [0.717, 1.165) is 22.1 Å². The third-order valence-electron chi connectivity index (χ3n) is 6.55. The molecule has 46 heavy (non-hydrogen) atoms. The number of rotatable bonds is 9. The lowest BCUT2D eigenvalue weighted by Gasteiger charge is -2.15. The van der Waals surface area contributed by atoms with Crippen molar-refractivity contribution in [3.63, 3.8) is 0 Å². The number of urea groups is 1. The van der Waals surface area contributed by atoms with Crippen molar-refractivity contribution in [1.82, 2.24) is 10.0 Å². The molecule has 0 saturated carbocycles. The Morgan fingerprint density at radius 3 is 2.09 bits per heavy atom. The number of carbonyl (C=O) groups is 1. The Morgan fingerprint density at radius 1 is 0.739 bits per heavy atom. The summed E-state index contributed by atoms with van der Waals surface area (Å²) in [7, 11) is -4.12. The van der Waals surface area contributed by atoms with Crippen molar-refractivity contribution in [2.45, 2.75) is 16.6 Å². The van der Waals surface area contributed by atoms with Gasteiger partial charge in [-0.3, -0.25) is 0 Å². The fourth-order valence-corrected chi connectivity index (χ4v) is 6.92. The molecule has 0 atom stereocenters. The monoisotopic (exact) mass is 679 g/mol. The molecule has 15 heteroatoms. The molecule has 0 fully saturated rings. The maximum absolute atomic E-state index is 13.2. The van der Waals surface area contributed by atoms with Crippen LogP contribution in [0, 0.1) is 0 Å². The number of para-hydroxylation sites is 1. The Hall–Kier alpha value is -4.60. The lowest BCUT2D eigenvalue weighted by atomic mass is 10.1. The second kappa shape index (κ2) is 13.0. The molecular formula is C31H23F6N3O4S2. The van der Waals surface area contributed by atoms with Crippen molar-refractivity contribution in [3.8, 4) is 22.6 Å². The molecule has 0 spiro atoms. The van der Waals surface area contributed by atoms with Crippen LogP contribution in [0.2, 0.25) is 0 Å². The molecule has 1 heterocycles. The van der Waals surface area contributed by atoms with Crippen LogP contribution in [0.15, 0.2) is 101 Å². The lowest BCUT2D eigenvalue weighted by Crippen LogP contribution is -2.36. The van der Waals surface area contributed by atoms with Gasteiger partial charge in [-0.25, -0.2) is 17.9 Å². The van der Waals surface area contributed by atoms with Crippen LogP contribution in [0.5, 0.6) is 11.5 Å². The zero-order chi connectivity index (χ0) is 33.1. The van der Waals surface area contributed by atoms with Crippen LogP contribution in [0.1, 0.15) is 11.1 Å². The molecule has 2 amide bonds. The van der Waals surface area contributed by atoms with Gasteiger partial charge < -0.3 is 15.4 Å². The number of thiophene rings is 1. The van der Waals surface area contributed by atoms with Gasteiger partial charge in [-0.1, -0.05) is 48.5 Å². The number of benzene rings is 4. The molecule has 0 radical (unpaired) electrons. The van der Waals surface area contributed by atoms with E-state index in [4.69, 9.17) is 4.74 Å². The van der Waals surface area contributed by atoms with Crippen LogP contribution in [0.4, 0.5) is 36.8 Å². The number of halogens is 6. The Kier molecular flexibility index (Phi) is 9.28. The minimum Gasteiger partial charge on any atom is -0.457 e. The normalized spacial score (nSPS) is 12.2. The summed E-state index contributed by atoms with van der Waals surface area (Å²) in [4.78, 5) is 12.2. The highest BCUT2D eigenvalue weighted by Crippen LogP contribution is 2.40. The molecule has 0 saturated heterocycles. The third kappa shape index (κ3) is 7.78. The average molecular weight is 680 g/mol. The molecule has 7 nitrogen and oxygen atoms in total. The fourth-order valence-electron chi connectivity index (χ4n) is 4.47. The summed E-state index contributed by atoms with van der Waals surface area (Å²) >= 11 is 0.951. The standard InChI is InChI=1S/C31H23F6N3O4S2/c32-30(33,34)21-16-22(31(35,36)37)18-23(17-21)40-29(41)38-12-13-39-46(42,43)28-26(11-14-45-28)25-7-3-4-8-27(25)44-24-10-9-19-5-1-2-6-20(19)15-24/h1-11,14-18,39H,12-13H2,(H2,38,40,41). The van der Waals surface area contributed by atoms with E-state index in [0.29, 0.717) is 34.8 Å². The first-order valence-corrected chi connectivity index (χ1v) is 15.7. The van der Waals surface area contributed by atoms with E-state index in [2.05, 4.69) is 10.0 Å². The molecule has 0 aliphatic rings. The molecule has 0 bridgehead atoms. The number of ether oxygens (including phenoxy) is 1. The van der Waals surface area contributed by atoms with Gasteiger partial charge in [0.05, 0.1) is 11.1 Å². The van der Waals surface area contributed by atoms with Crippen molar-refractivity contribution in [1.29, 1.82) is 0 Å². The maximum Gasteiger partial charge on any atom is 0.416 e. The number of fused-ring (bicyclic) bond motifs is 1. The van der Waals surface area contributed by atoms with Gasteiger partial charge in [0.2, 0.25) is 0 Å². The van der Waals surface area contributed by atoms with Gasteiger partial charge in [0.25, 0.3) is 10.0 Å². The van der Waals surface area contributed by atoms with E-state index in [1.54, 1.807) is 41.8 Å². The summed E-state index contributed by atoms with van der Waals surface area (Å²) in [5, 5.41) is 7.70. The lowest BCUT2D eigenvalue weighted by molar-refractivity contribution is -0.143. The number of sulfonamides is 1. The Balaban J connectivity index is 1.24. The number of anilines is 1. The number of alkyl halides is 6. The van der Waals surface area contributed by atoms with Crippen LogP contribution in [-0.2, 0) is 22.4 Å². The number of hydrogen-bond acceptors (Lipinski definition) is 5. The van der Waals surface area contributed by atoms with Crippen LogP contribution in [0.3, 0.4) is 0 Å². The SMILES string of the molecule is O=C(NCCNS(=O)(=O)c1sccc1-c1ccccc1Oc1ccc2ccccc2c1)Nc1cc(C(F)(F)F)cc(C(F)(F)F)c1. The summed E-state index contributed by atoms with van der Waals surface area (Å²) in [6, 6.07) is 21.3. The van der Waals surface area contributed by atoms with Crippen LogP contribution in [0.25, 0.3) is 21.9 Å². The van der Waals surface area contributed by atoms with E-state index in [1.807, 2.05) is 41.7 Å². The van der Waals surface area contributed by atoms with Crippen molar-refractivity contribution < 1.29 is 44.3 Å². The van der Waals surface area contributed by atoms with Gasteiger partial charge in [-0.15, -0.1) is 11.3 Å². The zero-order valence-corrected chi connectivity index (χ0v) is 25.0. The molecule has 3 N–H and O–H groups in total. The van der Waals surface area contributed by atoms with Crippen molar-refractivity contribution >= 4 is 43.9 Å². The topological polar surface area (TPSA) is 96.5 Å². The predicted octanol–water partition coefficient (Wildman–Crippen LogP) is 8.50. The smallest absolute Gasteiger partial charge is 0.416 e. The van der Waals surface area contributed by atoms with E-state index in [-0.39, 0.29) is 23.4 Å². The van der Waals surface area contributed by atoms with Gasteiger partial charge in [-0.05, 0) is 58.6 Å². The number of amides is 2. The van der Waals surface area contributed by atoms with Gasteiger partial charge in [0, 0.05) is 29.9 Å². The Bertz CT molecular complexity index is 1960. The predicted molar refractivity (Wildman–Crippen MR) is 162 cm³/mol. The molecule has 240 valence electrons. The highest BCUT2D eigenvalue weighted by molar-refractivity contribution is 7.91. The van der Waals surface area contributed by atoms with E-state index in [9.17, 15) is 39.6 Å². The molecule has 5 aromatic rings. The van der Waals surface area contributed by atoms with Crippen molar-refractivity contribution in [3.05, 3.63) is 108 Å². The summed E-state index contributed by atoms with van der Waals surface area (Å²) in [5.41, 5.74) is -3.06. The molecule has 0 aliphatic heterocycles. The number of carbonyl (C=O) groups excluding carboxylic acids is 1. The quantitative estimate of drug-likeness (QED) is 0.108. The average Bonchev–Trinajstić information content (AvgIpc) is 3.50. The largest absolute Gasteiger partial charge is 0.457 e. The van der Waals surface area contributed by atoms with Gasteiger partial charge in [0.15, 0.2) is 0 Å². The van der Waals surface area contributed by atoms with E-state index < -0.39 is 45.2 Å². The van der Waals surface area contributed by atoms with Gasteiger partial charge >= 0.3 is 18.4 Å². The van der Waals surface area contributed by atoms with Crippen LogP contribution < -0.4 is 20.1 Å². The zero-order valence-electron chi connectivity index (χ0n) is 23.4. The van der Waals surface area contributed by atoms with Crippen LogP contribution >= 0.6 is 11.3 Å². The van der Waals surface area contributed by atoms with E-state index >= 15 is 0 Å². The molecule has 0 aliphatic carbocycles. The highest BCUT2D eigenvalue weighted by atomic mass is 32.2. The van der Waals surface area contributed by atoms with Gasteiger partial charge in [0.1, 0.15) is 15.7 Å². The summed E-state index contributed by atoms with van der Waals surface area (Å²) in [6.45, 7) is -0.669. The third-order valence-corrected chi connectivity index (χ3v) is 9.49. The second-order valence-corrected chi connectivity index (χ2v) is 12.7. The molecule has 5 rings (SSSR count). The first kappa shape index (κ1) is 32.8. The molecule has 0 unspecified atom stereocenters. The summed E-state index contributed by atoms with van der Waals surface area (Å²) < 4.78 is 113. The Morgan fingerprint density at radius 2 is 1.39 bits per heavy atom. The number of nitrogens with one attached hydrogen (secondary N) is 3. The van der Waals surface area contributed by atoms with Crippen molar-refractivity contribution in [2.75, 3.05) is 18.4 Å². The maximum atomic E-state index is 13.2. The van der Waals surface area contributed by atoms with Gasteiger partial charge in [-0.2, -0.15) is 26.3 Å². The van der Waals surface area contributed by atoms with E-state index in [1.165, 1.54) is 0 Å². The summed E-state index contributed by atoms with van der Waals surface area (Å²) in [5.74, 6) is 0.960. The first-order valence-electron chi connectivity index (χ1n) is 13.4. The van der Waals surface area contributed by atoms with Crippen LogP contribution in [-0.4, -0.2) is 27.5 Å². The summed E-state index contributed by atoms with van der Waals surface area (Å²) in [6.07, 6.45) is -10.2. The minimum absolute atomic E-state index is 0.0323. The fraction of sp³-hybridized carbons (Fsp3) is 0.129. The highest BCUT2D eigenvalue weighted by Gasteiger charge is 2.37. The second-order valence-electron chi connectivity index (χ2n) is 9.80. The molecule has 1 aromatic heterocycles. The minimum atomic E-state index is -5.09. The number of hydrogen-bond donors (Lipinski definition) is 3. The molecule has 4 aromatic carbocycles. The van der Waals surface area contributed by atoms with Crippen molar-refractivity contribution in [2.24, 2.45) is 0 Å². The molecular weight excluding hydrogens is 656 g/mol. The first-order chi connectivity index (χ1) is 21.7. The Labute approximate surface area is 262 Å².